The van der Waals surface area contributed by atoms with Gasteiger partial charge in [-0.1, -0.05) is 84.9 Å². The Balaban J connectivity index is 1.14. The van der Waals surface area contributed by atoms with Crippen LogP contribution in [0.25, 0.3) is 16.8 Å². The smallest absolute Gasteiger partial charge is 0.261 e. The molecule has 194 valence electrons. The lowest BCUT2D eigenvalue weighted by Crippen LogP contribution is -2.46. The predicted molar refractivity (Wildman–Crippen MR) is 154 cm³/mol. The Kier molecular flexibility index (Phi) is 8.12. The van der Waals surface area contributed by atoms with E-state index in [2.05, 4.69) is 74.7 Å². The summed E-state index contributed by atoms with van der Waals surface area (Å²) in [6.07, 6.45) is 4.38. The van der Waals surface area contributed by atoms with E-state index in [1.165, 1.54) is 5.56 Å². The highest BCUT2D eigenvalue weighted by molar-refractivity contribution is 5.94. The molecule has 1 aliphatic heterocycles. The maximum absolute atomic E-state index is 12.9. The number of H-pyrrole nitrogens is 1. The third-order valence-corrected chi connectivity index (χ3v) is 7.18. The van der Waals surface area contributed by atoms with Gasteiger partial charge in [-0.3, -0.25) is 19.4 Å². The number of aromatic nitrogens is 1. The van der Waals surface area contributed by atoms with Crippen LogP contribution in [0.15, 0.2) is 95.8 Å². The summed E-state index contributed by atoms with van der Waals surface area (Å²) in [6.45, 7) is 7.38. The van der Waals surface area contributed by atoms with E-state index in [0.29, 0.717) is 6.54 Å². The first-order valence-corrected chi connectivity index (χ1v) is 13.2. The van der Waals surface area contributed by atoms with Gasteiger partial charge in [0.1, 0.15) is 5.56 Å². The van der Waals surface area contributed by atoms with Crippen LogP contribution in [0.2, 0.25) is 0 Å². The molecule has 4 aromatic rings. The molecule has 0 bridgehead atoms. The van der Waals surface area contributed by atoms with Gasteiger partial charge in [0.25, 0.3) is 11.5 Å². The highest BCUT2D eigenvalue weighted by Crippen LogP contribution is 2.24. The zero-order chi connectivity index (χ0) is 26.3. The molecule has 0 radical (unpaired) electrons. The number of aromatic amines is 1. The number of nitrogens with one attached hydrogen (secondary N) is 2. The molecule has 1 unspecified atom stereocenters. The lowest BCUT2D eigenvalue weighted by atomic mass is 9.99. The van der Waals surface area contributed by atoms with Crippen molar-refractivity contribution in [2.24, 2.45) is 0 Å². The van der Waals surface area contributed by atoms with Crippen molar-refractivity contribution < 1.29 is 4.79 Å². The van der Waals surface area contributed by atoms with Crippen LogP contribution in [0.3, 0.4) is 0 Å². The van der Waals surface area contributed by atoms with Gasteiger partial charge in [0, 0.05) is 45.0 Å². The van der Waals surface area contributed by atoms with Gasteiger partial charge in [0.05, 0.1) is 6.04 Å². The van der Waals surface area contributed by atoms with Crippen LogP contribution in [0, 0.1) is 0 Å². The topological polar surface area (TPSA) is 68.4 Å². The van der Waals surface area contributed by atoms with Crippen LogP contribution in [0.5, 0.6) is 0 Å². The predicted octanol–water partition coefficient (Wildman–Crippen LogP) is 4.85. The van der Waals surface area contributed by atoms with E-state index in [9.17, 15) is 9.59 Å². The van der Waals surface area contributed by atoms with Gasteiger partial charge in [-0.15, -0.1) is 0 Å². The largest absolute Gasteiger partial charge is 0.345 e. The number of hydrogen-bond donors (Lipinski definition) is 2. The van der Waals surface area contributed by atoms with Gasteiger partial charge in [0.2, 0.25) is 0 Å². The third-order valence-electron chi connectivity index (χ3n) is 7.18. The lowest BCUT2D eigenvalue weighted by Gasteiger charge is -2.34. The first-order valence-electron chi connectivity index (χ1n) is 13.2. The summed E-state index contributed by atoms with van der Waals surface area (Å²) < 4.78 is 0. The van der Waals surface area contributed by atoms with E-state index in [1.54, 1.807) is 6.07 Å². The summed E-state index contributed by atoms with van der Waals surface area (Å²) >= 11 is 0. The van der Waals surface area contributed by atoms with E-state index < -0.39 is 0 Å². The number of pyridine rings is 1. The Hall–Kier alpha value is -4.00. The van der Waals surface area contributed by atoms with E-state index >= 15 is 0 Å². The van der Waals surface area contributed by atoms with Gasteiger partial charge in [0.15, 0.2) is 0 Å². The normalized spacial score (nSPS) is 15.6. The number of benzene rings is 3. The number of carbonyl (C=O) groups excluding carboxylic acids is 1. The average molecular weight is 507 g/mol. The Morgan fingerprint density at radius 3 is 2.39 bits per heavy atom. The Morgan fingerprint density at radius 2 is 1.61 bits per heavy atom. The molecule has 6 nitrogen and oxygen atoms in total. The van der Waals surface area contributed by atoms with Crippen LogP contribution in [-0.2, 0) is 6.54 Å². The number of hydrogen-bond acceptors (Lipinski definition) is 4. The number of carbonyl (C=O) groups is 1. The highest BCUT2D eigenvalue weighted by Gasteiger charge is 2.19. The monoisotopic (exact) mass is 506 g/mol. The van der Waals surface area contributed by atoms with Crippen LogP contribution in [-0.4, -0.2) is 53.4 Å². The molecule has 5 rings (SSSR count). The van der Waals surface area contributed by atoms with Crippen LogP contribution in [0.1, 0.15) is 40.1 Å². The molecule has 1 atom stereocenters. The first-order chi connectivity index (χ1) is 18.6. The molecule has 6 heteroatoms. The van der Waals surface area contributed by atoms with Gasteiger partial charge < -0.3 is 10.3 Å². The van der Waals surface area contributed by atoms with Crippen molar-refractivity contribution in [2.45, 2.75) is 19.5 Å². The number of fused-ring (bicyclic) bond motifs is 1. The van der Waals surface area contributed by atoms with Crippen molar-refractivity contribution in [3.63, 3.8) is 0 Å². The third kappa shape index (κ3) is 6.28. The molecule has 0 aliphatic carbocycles. The second-order valence-electron chi connectivity index (χ2n) is 9.88. The van der Waals surface area contributed by atoms with Gasteiger partial charge in [-0.25, -0.2) is 0 Å². The summed E-state index contributed by atoms with van der Waals surface area (Å²) in [6, 6.07) is 27.8. The van der Waals surface area contributed by atoms with E-state index in [-0.39, 0.29) is 23.1 Å². The maximum Gasteiger partial charge on any atom is 0.261 e. The first kappa shape index (κ1) is 25.6. The molecule has 2 heterocycles. The number of amides is 1. The van der Waals surface area contributed by atoms with E-state index in [0.717, 1.165) is 54.8 Å². The summed E-state index contributed by atoms with van der Waals surface area (Å²) in [4.78, 5) is 33.4. The Bertz CT molecular complexity index is 1460. The van der Waals surface area contributed by atoms with Crippen LogP contribution < -0.4 is 10.9 Å². The van der Waals surface area contributed by atoms with Crippen molar-refractivity contribution in [1.82, 2.24) is 20.1 Å². The van der Waals surface area contributed by atoms with Crippen molar-refractivity contribution in [3.8, 4) is 0 Å². The van der Waals surface area contributed by atoms with Crippen molar-refractivity contribution in [3.05, 3.63) is 124 Å². The average Bonchev–Trinajstić information content (AvgIpc) is 2.94. The molecule has 1 aliphatic rings. The zero-order valence-corrected chi connectivity index (χ0v) is 21.8. The fraction of sp³-hybridized carbons (Fsp3) is 0.250. The summed E-state index contributed by atoms with van der Waals surface area (Å²) in [5, 5.41) is 5.22. The molecule has 0 saturated carbocycles. The molecule has 0 spiro atoms. The number of piperazine rings is 1. The molecule has 1 amide bonds. The molecular weight excluding hydrogens is 472 g/mol. The quantitative estimate of drug-likeness (QED) is 0.359. The zero-order valence-electron chi connectivity index (χ0n) is 21.8. The molecule has 3 aromatic carbocycles. The summed E-state index contributed by atoms with van der Waals surface area (Å²) in [5.41, 5.74) is 2.85. The van der Waals surface area contributed by atoms with Gasteiger partial charge in [-0.05, 0) is 41.0 Å². The fourth-order valence-corrected chi connectivity index (χ4v) is 5.04. The number of rotatable bonds is 8. The van der Waals surface area contributed by atoms with E-state index in [4.69, 9.17) is 0 Å². The van der Waals surface area contributed by atoms with Gasteiger partial charge in [-0.2, -0.15) is 0 Å². The minimum Gasteiger partial charge on any atom is -0.345 e. The second-order valence-corrected chi connectivity index (χ2v) is 9.88. The summed E-state index contributed by atoms with van der Waals surface area (Å²) in [5.74, 6) is -0.365. The molecule has 1 fully saturated rings. The molecule has 1 aromatic heterocycles. The SMILES string of the molecule is CC(NC(=O)c1ccc(CN2CCN(CC=Cc3ccccc3)CC2)[nH]c1=O)c1cccc2ccccc12. The Morgan fingerprint density at radius 1 is 0.895 bits per heavy atom. The summed E-state index contributed by atoms with van der Waals surface area (Å²) in [7, 11) is 0. The lowest BCUT2D eigenvalue weighted by molar-refractivity contribution is 0.0938. The molecular formula is C32H34N4O2. The van der Waals surface area contributed by atoms with Crippen molar-refractivity contribution >= 4 is 22.8 Å². The van der Waals surface area contributed by atoms with Crippen LogP contribution in [0.4, 0.5) is 0 Å². The minimum absolute atomic E-state index is 0.135. The Labute approximate surface area is 223 Å². The van der Waals surface area contributed by atoms with Crippen molar-refractivity contribution in [1.29, 1.82) is 0 Å². The molecule has 1 saturated heterocycles. The highest BCUT2D eigenvalue weighted by atomic mass is 16.2. The fourth-order valence-electron chi connectivity index (χ4n) is 5.04. The standard InChI is InChI=1S/C32H34N4O2/c1-24(28-15-7-13-26-12-5-6-14-29(26)28)33-31(37)30-17-16-27(34-32(30)38)23-36-21-19-35(20-22-36)18-8-11-25-9-3-2-4-10-25/h2-17,24H,18-23H2,1H3,(H,33,37)(H,34,38). The minimum atomic E-state index is -0.365. The maximum atomic E-state index is 12.9. The molecule has 2 N–H and O–H groups in total. The second kappa shape index (κ2) is 12.0. The molecule has 38 heavy (non-hydrogen) atoms. The van der Waals surface area contributed by atoms with Gasteiger partial charge >= 0.3 is 0 Å². The van der Waals surface area contributed by atoms with Crippen LogP contribution >= 0.6 is 0 Å². The van der Waals surface area contributed by atoms with Crippen molar-refractivity contribution in [2.75, 3.05) is 32.7 Å². The van der Waals surface area contributed by atoms with E-state index in [1.807, 2.05) is 43.3 Å². The number of nitrogens with zero attached hydrogens (tertiary/aromatic N) is 2.